The number of hydrogen-bond donors (Lipinski definition) is 1. The molecule has 21 heavy (non-hydrogen) atoms. The highest BCUT2D eigenvalue weighted by atomic mass is 19.4. The molecule has 0 aliphatic carbocycles. The Morgan fingerprint density at radius 1 is 1.10 bits per heavy atom. The Balaban J connectivity index is 2.55. The molecule has 0 aromatic carbocycles. The van der Waals surface area contributed by atoms with Gasteiger partial charge in [0.2, 0.25) is 0 Å². The molecule has 7 heteroatoms. The van der Waals surface area contributed by atoms with Gasteiger partial charge in [0.15, 0.2) is 0 Å². The first-order valence-corrected chi connectivity index (χ1v) is 6.93. The van der Waals surface area contributed by atoms with Gasteiger partial charge in [-0.3, -0.25) is 0 Å². The molecule has 0 saturated heterocycles. The first-order valence-electron chi connectivity index (χ1n) is 6.93. The minimum absolute atomic E-state index is 0.153. The Morgan fingerprint density at radius 2 is 1.71 bits per heavy atom. The third kappa shape index (κ3) is 6.86. The van der Waals surface area contributed by atoms with Crippen LogP contribution in [0.3, 0.4) is 0 Å². The molecule has 120 valence electrons. The summed E-state index contributed by atoms with van der Waals surface area (Å²) in [6, 6.07) is 0. The summed E-state index contributed by atoms with van der Waals surface area (Å²) in [4.78, 5) is 7.95. The summed E-state index contributed by atoms with van der Waals surface area (Å²) in [6.45, 7) is 5.75. The lowest BCUT2D eigenvalue weighted by molar-refractivity contribution is -0.128. The van der Waals surface area contributed by atoms with Crippen LogP contribution in [0.2, 0.25) is 0 Å². The fourth-order valence-corrected chi connectivity index (χ4v) is 2.12. The van der Waals surface area contributed by atoms with Crippen LogP contribution in [0.25, 0.3) is 0 Å². The molecule has 1 aromatic heterocycles. The van der Waals surface area contributed by atoms with Crippen molar-refractivity contribution >= 4 is 0 Å². The molecular formula is C14H22F3N3O. The summed E-state index contributed by atoms with van der Waals surface area (Å²) in [5.74, 6) is -0.153. The monoisotopic (exact) mass is 305 g/mol. The second kappa shape index (κ2) is 8.29. The predicted molar refractivity (Wildman–Crippen MR) is 74.3 cm³/mol. The molecule has 1 aromatic rings. The van der Waals surface area contributed by atoms with Crippen LogP contribution in [-0.2, 0) is 17.6 Å². The standard InChI is InChI=1S/C14H22F3N3O/c1-10-12(5-4-6-18-7-8-21-3)11(2)20-13(19-10)9-14(15,16)17/h18H,4-9H2,1-3H3. The van der Waals surface area contributed by atoms with Crippen LogP contribution in [0.4, 0.5) is 13.2 Å². The Bertz CT molecular complexity index is 427. The molecule has 0 fully saturated rings. The SMILES string of the molecule is COCCNCCCc1c(C)nc(CC(F)(F)F)nc1C. The van der Waals surface area contributed by atoms with E-state index < -0.39 is 12.6 Å². The molecule has 1 heterocycles. The number of aryl methyl sites for hydroxylation is 2. The molecule has 1 N–H and O–H groups in total. The number of alkyl halides is 3. The van der Waals surface area contributed by atoms with E-state index in [4.69, 9.17) is 4.74 Å². The number of aromatic nitrogens is 2. The summed E-state index contributed by atoms with van der Waals surface area (Å²) >= 11 is 0. The fourth-order valence-electron chi connectivity index (χ4n) is 2.12. The minimum atomic E-state index is -4.27. The lowest BCUT2D eigenvalue weighted by atomic mass is 10.1. The van der Waals surface area contributed by atoms with E-state index in [1.807, 2.05) is 0 Å². The van der Waals surface area contributed by atoms with Crippen LogP contribution in [0.5, 0.6) is 0 Å². The number of nitrogens with one attached hydrogen (secondary N) is 1. The van der Waals surface area contributed by atoms with Crippen molar-refractivity contribution < 1.29 is 17.9 Å². The van der Waals surface area contributed by atoms with Gasteiger partial charge in [0.25, 0.3) is 0 Å². The van der Waals surface area contributed by atoms with Crippen LogP contribution in [0.1, 0.15) is 29.2 Å². The quantitative estimate of drug-likeness (QED) is 0.749. The molecule has 0 radical (unpaired) electrons. The van der Waals surface area contributed by atoms with Gasteiger partial charge < -0.3 is 10.1 Å². The fraction of sp³-hybridized carbons (Fsp3) is 0.714. The summed E-state index contributed by atoms with van der Waals surface area (Å²) in [5.41, 5.74) is 2.21. The van der Waals surface area contributed by atoms with Crippen LogP contribution in [0.15, 0.2) is 0 Å². The molecule has 0 aliphatic rings. The summed E-state index contributed by atoms with van der Waals surface area (Å²) in [5, 5.41) is 3.22. The van der Waals surface area contributed by atoms with Gasteiger partial charge in [-0.25, -0.2) is 9.97 Å². The zero-order valence-corrected chi connectivity index (χ0v) is 12.7. The predicted octanol–water partition coefficient (Wildman–Crippen LogP) is 2.37. The van der Waals surface area contributed by atoms with E-state index in [2.05, 4.69) is 15.3 Å². The normalized spacial score (nSPS) is 11.9. The molecule has 0 spiro atoms. The Hall–Kier alpha value is -1.21. The van der Waals surface area contributed by atoms with Gasteiger partial charge in [-0.1, -0.05) is 0 Å². The van der Waals surface area contributed by atoms with Gasteiger partial charge in [-0.2, -0.15) is 13.2 Å². The number of hydrogen-bond acceptors (Lipinski definition) is 4. The van der Waals surface area contributed by atoms with E-state index in [1.165, 1.54) is 0 Å². The Kier molecular flexibility index (Phi) is 7.04. The van der Waals surface area contributed by atoms with E-state index in [1.54, 1.807) is 21.0 Å². The van der Waals surface area contributed by atoms with Crippen molar-refractivity contribution in [2.45, 2.75) is 39.3 Å². The van der Waals surface area contributed by atoms with E-state index in [9.17, 15) is 13.2 Å². The maximum Gasteiger partial charge on any atom is 0.396 e. The molecule has 4 nitrogen and oxygen atoms in total. The largest absolute Gasteiger partial charge is 0.396 e. The van der Waals surface area contributed by atoms with Crippen molar-refractivity contribution in [1.29, 1.82) is 0 Å². The van der Waals surface area contributed by atoms with Crippen molar-refractivity contribution in [3.63, 3.8) is 0 Å². The summed E-state index contributed by atoms with van der Waals surface area (Å²) in [7, 11) is 1.65. The summed E-state index contributed by atoms with van der Waals surface area (Å²) in [6.07, 6.45) is -3.71. The minimum Gasteiger partial charge on any atom is -0.383 e. The maximum atomic E-state index is 12.4. The molecule has 0 bridgehead atoms. The number of ether oxygens (including phenoxy) is 1. The van der Waals surface area contributed by atoms with Crippen LogP contribution in [0, 0.1) is 13.8 Å². The second-order valence-corrected chi connectivity index (χ2v) is 4.93. The van der Waals surface area contributed by atoms with E-state index in [-0.39, 0.29) is 5.82 Å². The zero-order valence-electron chi connectivity index (χ0n) is 12.7. The van der Waals surface area contributed by atoms with Crippen molar-refractivity contribution in [3.05, 3.63) is 22.8 Å². The van der Waals surface area contributed by atoms with Gasteiger partial charge in [-0.15, -0.1) is 0 Å². The zero-order chi connectivity index (χ0) is 15.9. The van der Waals surface area contributed by atoms with Crippen LogP contribution in [-0.4, -0.2) is 43.0 Å². The van der Waals surface area contributed by atoms with E-state index in [0.717, 1.165) is 31.5 Å². The highest BCUT2D eigenvalue weighted by Crippen LogP contribution is 2.21. The van der Waals surface area contributed by atoms with Gasteiger partial charge in [0.1, 0.15) is 12.2 Å². The molecule has 0 saturated carbocycles. The molecule has 1 rings (SSSR count). The van der Waals surface area contributed by atoms with Crippen molar-refractivity contribution in [2.24, 2.45) is 0 Å². The topological polar surface area (TPSA) is 47.0 Å². The smallest absolute Gasteiger partial charge is 0.383 e. The van der Waals surface area contributed by atoms with Gasteiger partial charge in [0.05, 0.1) is 6.61 Å². The average Bonchev–Trinajstić information content (AvgIpc) is 2.34. The van der Waals surface area contributed by atoms with Crippen molar-refractivity contribution in [2.75, 3.05) is 26.8 Å². The highest BCUT2D eigenvalue weighted by molar-refractivity contribution is 5.24. The number of nitrogens with zero attached hydrogens (tertiary/aromatic N) is 2. The van der Waals surface area contributed by atoms with Gasteiger partial charge in [0, 0.05) is 25.0 Å². The first kappa shape index (κ1) is 17.8. The highest BCUT2D eigenvalue weighted by Gasteiger charge is 2.29. The Morgan fingerprint density at radius 3 is 2.24 bits per heavy atom. The molecule has 0 atom stereocenters. The number of rotatable bonds is 8. The van der Waals surface area contributed by atoms with Crippen LogP contribution >= 0.6 is 0 Å². The Labute approximate surface area is 123 Å². The summed E-state index contributed by atoms with van der Waals surface area (Å²) < 4.78 is 42.0. The van der Waals surface area contributed by atoms with E-state index in [0.29, 0.717) is 18.0 Å². The van der Waals surface area contributed by atoms with Crippen molar-refractivity contribution in [1.82, 2.24) is 15.3 Å². The van der Waals surface area contributed by atoms with Crippen LogP contribution < -0.4 is 5.32 Å². The first-order chi connectivity index (χ1) is 9.83. The van der Waals surface area contributed by atoms with Crippen molar-refractivity contribution in [3.8, 4) is 0 Å². The van der Waals surface area contributed by atoms with E-state index >= 15 is 0 Å². The molecular weight excluding hydrogens is 283 g/mol. The third-order valence-corrected chi connectivity index (χ3v) is 3.09. The molecule has 0 aliphatic heterocycles. The molecule has 0 amide bonds. The van der Waals surface area contributed by atoms with Gasteiger partial charge >= 0.3 is 6.18 Å². The lowest BCUT2D eigenvalue weighted by Crippen LogP contribution is -2.21. The lowest BCUT2D eigenvalue weighted by Gasteiger charge is -2.12. The second-order valence-electron chi connectivity index (χ2n) is 4.93. The third-order valence-electron chi connectivity index (χ3n) is 3.09. The molecule has 0 unspecified atom stereocenters. The average molecular weight is 305 g/mol. The number of methoxy groups -OCH3 is 1. The number of halogens is 3. The van der Waals surface area contributed by atoms with Gasteiger partial charge in [-0.05, 0) is 38.8 Å². The maximum absolute atomic E-state index is 12.4.